The Morgan fingerprint density at radius 1 is 1.36 bits per heavy atom. The number of aliphatic hydroxyl groups is 1. The number of benzene rings is 1. The van der Waals surface area contributed by atoms with Gasteiger partial charge in [-0.3, -0.25) is 9.89 Å². The summed E-state index contributed by atoms with van der Waals surface area (Å²) in [5.74, 6) is -0.457. The van der Waals surface area contributed by atoms with E-state index in [2.05, 4.69) is 20.5 Å². The number of halogens is 2. The maximum Gasteiger partial charge on any atom is 0.246 e. The molecular formula is C14H12Cl2N4O2. The molecule has 0 saturated carbocycles. The second-order valence-electron chi connectivity index (χ2n) is 4.68. The van der Waals surface area contributed by atoms with Gasteiger partial charge in [-0.2, -0.15) is 5.10 Å². The van der Waals surface area contributed by atoms with E-state index >= 15 is 0 Å². The van der Waals surface area contributed by atoms with E-state index in [1.165, 1.54) is 0 Å². The lowest BCUT2D eigenvalue weighted by Gasteiger charge is -2.04. The minimum absolute atomic E-state index is 0.225. The van der Waals surface area contributed by atoms with E-state index in [9.17, 15) is 4.79 Å². The Balaban J connectivity index is 2.15. The van der Waals surface area contributed by atoms with Crippen LogP contribution in [0.2, 0.25) is 10.0 Å². The van der Waals surface area contributed by atoms with Gasteiger partial charge in [-0.1, -0.05) is 29.3 Å². The molecule has 2 aromatic heterocycles. The quantitative estimate of drug-likeness (QED) is 0.588. The van der Waals surface area contributed by atoms with Gasteiger partial charge < -0.3 is 15.4 Å². The Morgan fingerprint density at radius 3 is 2.86 bits per heavy atom. The van der Waals surface area contributed by atoms with Gasteiger partial charge in [0.25, 0.3) is 0 Å². The van der Waals surface area contributed by atoms with Gasteiger partial charge in [0.2, 0.25) is 5.91 Å². The third-order valence-electron chi connectivity index (χ3n) is 3.33. The van der Waals surface area contributed by atoms with Crippen molar-refractivity contribution < 1.29 is 9.90 Å². The Hall–Kier alpha value is -2.02. The van der Waals surface area contributed by atoms with Crippen molar-refractivity contribution in [3.63, 3.8) is 0 Å². The minimum atomic E-state index is -0.562. The van der Waals surface area contributed by atoms with E-state index in [4.69, 9.17) is 28.3 Å². The number of aromatic nitrogens is 3. The number of nitrogens with zero attached hydrogens (tertiary/aromatic N) is 1. The maximum atomic E-state index is 11.3. The Labute approximate surface area is 135 Å². The number of amides is 1. The van der Waals surface area contributed by atoms with Crippen LogP contribution in [-0.2, 0) is 11.3 Å². The monoisotopic (exact) mass is 338 g/mol. The zero-order valence-electron chi connectivity index (χ0n) is 11.3. The summed E-state index contributed by atoms with van der Waals surface area (Å²) in [5, 5.41) is 19.9. The normalized spacial score (nSPS) is 11.0. The largest absolute Gasteiger partial charge is 0.387 e. The van der Waals surface area contributed by atoms with E-state index in [0.29, 0.717) is 15.6 Å². The van der Waals surface area contributed by atoms with Crippen LogP contribution in [0.3, 0.4) is 0 Å². The molecule has 2 heterocycles. The van der Waals surface area contributed by atoms with E-state index in [-0.39, 0.29) is 6.54 Å². The van der Waals surface area contributed by atoms with Gasteiger partial charge >= 0.3 is 0 Å². The minimum Gasteiger partial charge on any atom is -0.387 e. The molecule has 3 rings (SSSR count). The lowest BCUT2D eigenvalue weighted by Crippen LogP contribution is -2.25. The van der Waals surface area contributed by atoms with Crippen molar-refractivity contribution in [1.82, 2.24) is 20.5 Å². The summed E-state index contributed by atoms with van der Waals surface area (Å²) in [6.45, 7) is -0.337. The van der Waals surface area contributed by atoms with Crippen molar-refractivity contribution >= 4 is 40.0 Å². The fraction of sp³-hybridized carbons (Fsp3) is 0.143. The van der Waals surface area contributed by atoms with Gasteiger partial charge in [0.1, 0.15) is 6.61 Å². The van der Waals surface area contributed by atoms with E-state index < -0.39 is 12.5 Å². The summed E-state index contributed by atoms with van der Waals surface area (Å²) < 4.78 is 0. The van der Waals surface area contributed by atoms with Crippen LogP contribution in [-0.4, -0.2) is 32.8 Å². The molecular weight excluding hydrogens is 327 g/mol. The number of aromatic amines is 2. The molecule has 8 heteroatoms. The number of hydrogen-bond acceptors (Lipinski definition) is 3. The summed E-state index contributed by atoms with van der Waals surface area (Å²) >= 11 is 12.3. The number of H-pyrrole nitrogens is 2. The second kappa shape index (κ2) is 6.00. The van der Waals surface area contributed by atoms with Gasteiger partial charge in [-0.25, -0.2) is 0 Å². The molecule has 0 unspecified atom stereocenters. The van der Waals surface area contributed by atoms with E-state index in [0.717, 1.165) is 22.2 Å². The van der Waals surface area contributed by atoms with Gasteiger partial charge in [0.05, 0.1) is 28.3 Å². The van der Waals surface area contributed by atoms with Crippen molar-refractivity contribution in [2.24, 2.45) is 0 Å². The van der Waals surface area contributed by atoms with Crippen LogP contribution in [0.1, 0.15) is 5.69 Å². The topological polar surface area (TPSA) is 93.8 Å². The third-order valence-corrected chi connectivity index (χ3v) is 4.14. The van der Waals surface area contributed by atoms with Crippen LogP contribution in [0.4, 0.5) is 0 Å². The van der Waals surface area contributed by atoms with E-state index in [1.54, 1.807) is 18.5 Å². The summed E-state index contributed by atoms with van der Waals surface area (Å²) in [6, 6.07) is 3.58. The maximum absolute atomic E-state index is 11.3. The number of carbonyl (C=O) groups excluding carboxylic acids is 1. The van der Waals surface area contributed by atoms with Crippen LogP contribution >= 0.6 is 23.2 Å². The smallest absolute Gasteiger partial charge is 0.246 e. The molecule has 0 spiro atoms. The standard InChI is InChI=1S/C14H12Cl2N4O2/c15-9-2-1-8-12(7-3-18-19-4-7)10(5-17-11(22)6-21)20-14(8)13(9)16/h1-4,20-21H,5-6H2,(H,17,22)(H,18,19). The fourth-order valence-electron chi connectivity index (χ4n) is 2.35. The third kappa shape index (κ3) is 2.56. The molecule has 0 saturated heterocycles. The lowest BCUT2D eigenvalue weighted by atomic mass is 10.1. The predicted octanol–water partition coefficient (Wildman–Crippen LogP) is 2.47. The second-order valence-corrected chi connectivity index (χ2v) is 5.47. The van der Waals surface area contributed by atoms with Gasteiger partial charge in [-0.05, 0) is 6.07 Å². The number of nitrogens with one attached hydrogen (secondary N) is 3. The van der Waals surface area contributed by atoms with Gasteiger partial charge in [0.15, 0.2) is 0 Å². The first-order valence-electron chi connectivity index (χ1n) is 6.47. The summed E-state index contributed by atoms with van der Waals surface area (Å²) in [7, 11) is 0. The Morgan fingerprint density at radius 2 is 2.18 bits per heavy atom. The molecule has 1 amide bonds. The molecule has 0 radical (unpaired) electrons. The first kappa shape index (κ1) is 14.9. The fourth-order valence-corrected chi connectivity index (χ4v) is 2.72. The molecule has 114 valence electrons. The van der Waals surface area contributed by atoms with Gasteiger partial charge in [-0.15, -0.1) is 0 Å². The summed E-state index contributed by atoms with van der Waals surface area (Å²) in [4.78, 5) is 14.5. The van der Waals surface area contributed by atoms with Gasteiger partial charge in [0, 0.05) is 28.4 Å². The highest BCUT2D eigenvalue weighted by Crippen LogP contribution is 2.38. The van der Waals surface area contributed by atoms with Crippen molar-refractivity contribution in [3.05, 3.63) is 40.3 Å². The average Bonchev–Trinajstić information content (AvgIpc) is 3.15. The summed E-state index contributed by atoms with van der Waals surface area (Å²) in [6.07, 6.45) is 3.44. The average molecular weight is 339 g/mol. The summed E-state index contributed by atoms with van der Waals surface area (Å²) in [5.41, 5.74) is 3.18. The predicted molar refractivity (Wildman–Crippen MR) is 84.8 cm³/mol. The Kier molecular flexibility index (Phi) is 4.06. The zero-order valence-corrected chi connectivity index (χ0v) is 12.8. The molecule has 6 nitrogen and oxygen atoms in total. The molecule has 0 aliphatic carbocycles. The number of rotatable bonds is 4. The molecule has 0 fully saturated rings. The number of hydrogen-bond donors (Lipinski definition) is 4. The highest BCUT2D eigenvalue weighted by atomic mass is 35.5. The number of fused-ring (bicyclic) bond motifs is 1. The van der Waals surface area contributed by atoms with Crippen molar-refractivity contribution in [3.8, 4) is 11.1 Å². The first-order valence-corrected chi connectivity index (χ1v) is 7.22. The lowest BCUT2D eigenvalue weighted by molar-refractivity contribution is -0.123. The molecule has 4 N–H and O–H groups in total. The molecule has 0 atom stereocenters. The Bertz CT molecular complexity index is 827. The molecule has 0 aliphatic heterocycles. The highest BCUT2D eigenvalue weighted by Gasteiger charge is 2.17. The van der Waals surface area contributed by atoms with Crippen LogP contribution in [0.5, 0.6) is 0 Å². The first-order chi connectivity index (χ1) is 10.6. The van der Waals surface area contributed by atoms with Crippen LogP contribution in [0.25, 0.3) is 22.0 Å². The van der Waals surface area contributed by atoms with Crippen molar-refractivity contribution in [2.45, 2.75) is 6.54 Å². The number of aliphatic hydroxyl groups excluding tert-OH is 1. The SMILES string of the molecule is O=C(CO)NCc1[nH]c2c(Cl)c(Cl)ccc2c1-c1cn[nH]c1. The molecule has 3 aromatic rings. The number of carbonyl (C=O) groups is 1. The van der Waals surface area contributed by atoms with Crippen LogP contribution in [0.15, 0.2) is 24.5 Å². The molecule has 22 heavy (non-hydrogen) atoms. The zero-order chi connectivity index (χ0) is 15.7. The van der Waals surface area contributed by atoms with E-state index in [1.807, 2.05) is 6.07 Å². The molecule has 1 aromatic carbocycles. The van der Waals surface area contributed by atoms with Crippen LogP contribution in [0, 0.1) is 0 Å². The highest BCUT2D eigenvalue weighted by molar-refractivity contribution is 6.45. The molecule has 0 aliphatic rings. The molecule has 0 bridgehead atoms. The van der Waals surface area contributed by atoms with Crippen LogP contribution < -0.4 is 5.32 Å². The van der Waals surface area contributed by atoms with Crippen molar-refractivity contribution in [1.29, 1.82) is 0 Å². The van der Waals surface area contributed by atoms with Crippen molar-refractivity contribution in [2.75, 3.05) is 6.61 Å².